The monoisotopic (exact) mass is 396 g/mol. The molecule has 0 bridgehead atoms. The minimum Gasteiger partial charge on any atom is -0.354 e. The maximum absolute atomic E-state index is 12.6. The maximum atomic E-state index is 12.6. The van der Waals surface area contributed by atoms with Gasteiger partial charge in [0.05, 0.1) is 18.0 Å². The topological polar surface area (TPSA) is 116 Å². The third-order valence-corrected chi connectivity index (χ3v) is 6.13. The smallest absolute Gasteiger partial charge is 0.251 e. The average Bonchev–Trinajstić information content (AvgIpc) is 2.67. The van der Waals surface area contributed by atoms with E-state index in [1.165, 1.54) is 24.3 Å². The van der Waals surface area contributed by atoms with Gasteiger partial charge in [0.25, 0.3) is 5.91 Å². The quantitative estimate of drug-likeness (QED) is 0.639. The fraction of sp³-hybridized carbons (Fsp3) is 0.471. The molecule has 0 saturated carbocycles. The van der Waals surface area contributed by atoms with Crippen LogP contribution in [0.5, 0.6) is 0 Å². The molecule has 1 aliphatic rings. The van der Waals surface area contributed by atoms with Gasteiger partial charge in [0.2, 0.25) is 21.8 Å². The highest BCUT2D eigenvalue weighted by Gasteiger charge is 2.29. The first kappa shape index (κ1) is 20.8. The van der Waals surface area contributed by atoms with Crippen LogP contribution >= 0.6 is 0 Å². The Hall–Kier alpha value is -2.46. The van der Waals surface area contributed by atoms with Crippen LogP contribution in [0.3, 0.4) is 0 Å². The molecule has 1 aromatic carbocycles. The van der Waals surface area contributed by atoms with E-state index in [4.69, 9.17) is 0 Å². The van der Waals surface area contributed by atoms with E-state index in [0.717, 1.165) is 4.31 Å². The molecule has 0 spiro atoms. The maximum Gasteiger partial charge on any atom is 0.251 e. The summed E-state index contributed by atoms with van der Waals surface area (Å²) in [7, 11) is -3.80. The van der Waals surface area contributed by atoms with Crippen molar-refractivity contribution < 1.29 is 22.8 Å². The lowest BCUT2D eigenvalue weighted by Crippen LogP contribution is -2.49. The molecule has 1 saturated heterocycles. The predicted molar refractivity (Wildman–Crippen MR) is 98.5 cm³/mol. The first-order chi connectivity index (χ1) is 12.8. The molecule has 2 rings (SSSR count). The summed E-state index contributed by atoms with van der Waals surface area (Å²) >= 11 is 0. The number of carbonyl (C=O) groups is 3. The second-order valence-electron chi connectivity index (χ2n) is 5.96. The van der Waals surface area contributed by atoms with Crippen LogP contribution in [0.2, 0.25) is 0 Å². The number of carbonyl (C=O) groups excluding carboxylic acids is 3. The molecule has 0 aromatic heterocycles. The van der Waals surface area contributed by atoms with Crippen molar-refractivity contribution in [3.05, 3.63) is 29.8 Å². The Kier molecular flexibility index (Phi) is 6.92. The molecule has 0 unspecified atom stereocenters. The molecule has 1 aromatic rings. The Labute approximate surface area is 158 Å². The highest BCUT2D eigenvalue weighted by Crippen LogP contribution is 2.17. The van der Waals surface area contributed by atoms with Gasteiger partial charge in [-0.05, 0) is 38.1 Å². The van der Waals surface area contributed by atoms with E-state index in [9.17, 15) is 22.8 Å². The number of rotatable bonds is 7. The molecular formula is C17H24N4O5S. The lowest BCUT2D eigenvalue weighted by molar-refractivity contribution is -0.129. The molecule has 2 N–H and O–H groups in total. The first-order valence-electron chi connectivity index (χ1n) is 8.72. The van der Waals surface area contributed by atoms with Crippen LogP contribution < -0.4 is 10.6 Å². The molecule has 148 valence electrons. The zero-order valence-electron chi connectivity index (χ0n) is 15.4. The van der Waals surface area contributed by atoms with Crippen LogP contribution in [0, 0.1) is 0 Å². The number of piperazine rings is 1. The SMILES string of the molecule is CCN(CC)C(=O)CNC(=O)c1ccc(S(=O)(=O)N2CCNC(=O)C2)cc1. The number of benzene rings is 1. The van der Waals surface area contributed by atoms with Gasteiger partial charge in [-0.15, -0.1) is 0 Å². The molecule has 10 heteroatoms. The number of likely N-dealkylation sites (N-methyl/N-ethyl adjacent to an activating group) is 1. The van der Waals surface area contributed by atoms with Gasteiger partial charge in [-0.25, -0.2) is 8.42 Å². The zero-order valence-corrected chi connectivity index (χ0v) is 16.2. The van der Waals surface area contributed by atoms with Gasteiger partial charge in [-0.2, -0.15) is 4.31 Å². The van der Waals surface area contributed by atoms with Crippen molar-refractivity contribution in [2.45, 2.75) is 18.7 Å². The summed E-state index contributed by atoms with van der Waals surface area (Å²) in [6.45, 7) is 4.95. The molecule has 0 atom stereocenters. The molecule has 1 aliphatic heterocycles. The molecule has 1 fully saturated rings. The highest BCUT2D eigenvalue weighted by molar-refractivity contribution is 7.89. The second kappa shape index (κ2) is 8.96. The Morgan fingerprint density at radius 1 is 1.19 bits per heavy atom. The normalized spacial score (nSPS) is 15.1. The van der Waals surface area contributed by atoms with Gasteiger partial charge in [-0.3, -0.25) is 14.4 Å². The van der Waals surface area contributed by atoms with Crippen molar-refractivity contribution in [2.24, 2.45) is 0 Å². The van der Waals surface area contributed by atoms with Gasteiger partial charge in [0.1, 0.15) is 0 Å². The van der Waals surface area contributed by atoms with Crippen LogP contribution in [-0.4, -0.2) is 74.6 Å². The Morgan fingerprint density at radius 3 is 2.37 bits per heavy atom. The minimum atomic E-state index is -3.80. The summed E-state index contributed by atoms with van der Waals surface area (Å²) in [5, 5.41) is 5.10. The van der Waals surface area contributed by atoms with Gasteiger partial charge < -0.3 is 15.5 Å². The number of hydrogen-bond donors (Lipinski definition) is 2. The van der Waals surface area contributed by atoms with Crippen molar-refractivity contribution >= 4 is 27.7 Å². The summed E-state index contributed by atoms with van der Waals surface area (Å²) in [5.41, 5.74) is 0.248. The number of nitrogens with one attached hydrogen (secondary N) is 2. The largest absolute Gasteiger partial charge is 0.354 e. The first-order valence-corrected chi connectivity index (χ1v) is 10.2. The summed E-state index contributed by atoms with van der Waals surface area (Å²) < 4.78 is 26.2. The Morgan fingerprint density at radius 2 is 1.81 bits per heavy atom. The Balaban J connectivity index is 2.02. The van der Waals surface area contributed by atoms with E-state index in [-0.39, 0.29) is 48.5 Å². The number of amides is 3. The number of nitrogens with zero attached hydrogens (tertiary/aromatic N) is 2. The third kappa shape index (κ3) is 5.04. The van der Waals surface area contributed by atoms with Crippen LogP contribution in [-0.2, 0) is 19.6 Å². The van der Waals surface area contributed by atoms with Crippen LogP contribution in [0.1, 0.15) is 24.2 Å². The summed E-state index contributed by atoms with van der Waals surface area (Å²) in [6, 6.07) is 5.41. The molecule has 0 radical (unpaired) electrons. The lowest BCUT2D eigenvalue weighted by atomic mass is 10.2. The van der Waals surface area contributed by atoms with E-state index in [1.807, 2.05) is 13.8 Å². The van der Waals surface area contributed by atoms with E-state index in [1.54, 1.807) is 4.90 Å². The molecule has 27 heavy (non-hydrogen) atoms. The Bertz CT molecular complexity index is 803. The number of hydrogen-bond acceptors (Lipinski definition) is 5. The van der Waals surface area contributed by atoms with E-state index >= 15 is 0 Å². The van der Waals surface area contributed by atoms with E-state index < -0.39 is 15.9 Å². The average molecular weight is 396 g/mol. The highest BCUT2D eigenvalue weighted by atomic mass is 32.2. The van der Waals surface area contributed by atoms with Crippen molar-refractivity contribution in [1.82, 2.24) is 19.8 Å². The van der Waals surface area contributed by atoms with Gasteiger partial charge in [-0.1, -0.05) is 0 Å². The number of sulfonamides is 1. The molecule has 9 nitrogen and oxygen atoms in total. The van der Waals surface area contributed by atoms with Crippen LogP contribution in [0.4, 0.5) is 0 Å². The van der Waals surface area contributed by atoms with Gasteiger partial charge in [0, 0.05) is 31.7 Å². The van der Waals surface area contributed by atoms with Gasteiger partial charge >= 0.3 is 0 Å². The van der Waals surface area contributed by atoms with E-state index in [2.05, 4.69) is 10.6 Å². The molecular weight excluding hydrogens is 372 g/mol. The predicted octanol–water partition coefficient (Wildman–Crippen LogP) is -0.595. The van der Waals surface area contributed by atoms with Crippen LogP contribution in [0.25, 0.3) is 0 Å². The van der Waals surface area contributed by atoms with Crippen LogP contribution in [0.15, 0.2) is 29.2 Å². The third-order valence-electron chi connectivity index (χ3n) is 4.27. The molecule has 3 amide bonds. The van der Waals surface area contributed by atoms with Crippen molar-refractivity contribution in [1.29, 1.82) is 0 Å². The summed E-state index contributed by atoms with van der Waals surface area (Å²) in [6.07, 6.45) is 0. The lowest BCUT2D eigenvalue weighted by Gasteiger charge is -2.25. The van der Waals surface area contributed by atoms with Crippen molar-refractivity contribution in [3.63, 3.8) is 0 Å². The molecule has 1 heterocycles. The van der Waals surface area contributed by atoms with Crippen molar-refractivity contribution in [3.8, 4) is 0 Å². The zero-order chi connectivity index (χ0) is 20.0. The second-order valence-corrected chi connectivity index (χ2v) is 7.90. The summed E-state index contributed by atoms with van der Waals surface area (Å²) in [4.78, 5) is 37.1. The van der Waals surface area contributed by atoms with Gasteiger partial charge in [0.15, 0.2) is 0 Å². The standard InChI is InChI=1S/C17H24N4O5S/c1-3-20(4-2)16(23)11-19-17(24)13-5-7-14(8-6-13)27(25,26)21-10-9-18-15(22)12-21/h5-8H,3-4,9-12H2,1-2H3,(H,18,22)(H,19,24). The van der Waals surface area contributed by atoms with Crippen molar-refractivity contribution in [2.75, 3.05) is 39.3 Å². The molecule has 0 aliphatic carbocycles. The van der Waals surface area contributed by atoms with E-state index in [0.29, 0.717) is 13.1 Å². The fourth-order valence-corrected chi connectivity index (χ4v) is 4.09. The minimum absolute atomic E-state index is 0.00738. The fourth-order valence-electron chi connectivity index (χ4n) is 2.69. The summed E-state index contributed by atoms with van der Waals surface area (Å²) in [5.74, 6) is -0.994.